The van der Waals surface area contributed by atoms with E-state index in [1.54, 1.807) is 0 Å². The minimum atomic E-state index is -3.60. The molecule has 0 atom stereocenters. The van der Waals surface area contributed by atoms with E-state index >= 15 is 0 Å². The van der Waals surface area contributed by atoms with Crippen molar-refractivity contribution < 1.29 is 27.5 Å². The highest BCUT2D eigenvalue weighted by molar-refractivity contribution is 9.10. The first-order valence-corrected chi connectivity index (χ1v) is 5.78. The van der Waals surface area contributed by atoms with Gasteiger partial charge in [-0.1, -0.05) is 0 Å². The van der Waals surface area contributed by atoms with Crippen molar-refractivity contribution in [2.24, 2.45) is 0 Å². The second kappa shape index (κ2) is 5.69. The van der Waals surface area contributed by atoms with Crippen LogP contribution >= 0.6 is 15.9 Å². The minimum Gasteiger partial charge on any atom is -0.481 e. The number of benzene rings is 1. The maximum atomic E-state index is 13.6. The molecule has 7 heteroatoms. The lowest BCUT2D eigenvalue weighted by molar-refractivity contribution is -0.137. The average Bonchev–Trinajstić information content (AvgIpc) is 2.22. The molecular formula is C11H9BrF4O2. The third-order valence-corrected chi connectivity index (χ3v) is 2.89. The quantitative estimate of drug-likeness (QED) is 0.653. The van der Waals surface area contributed by atoms with E-state index < -0.39 is 41.9 Å². The summed E-state index contributed by atoms with van der Waals surface area (Å²) in [7, 11) is 0. The molecule has 0 aliphatic heterocycles. The maximum Gasteiger partial charge on any atom is 0.303 e. The number of hydrogen-bond acceptors (Lipinski definition) is 1. The Hall–Kier alpha value is -1.11. The molecule has 0 bridgehead atoms. The molecule has 0 saturated carbocycles. The van der Waals surface area contributed by atoms with Crippen LogP contribution in [-0.4, -0.2) is 11.1 Å². The van der Waals surface area contributed by atoms with E-state index in [-0.39, 0.29) is 10.9 Å². The SMILES string of the molecule is O=C(O)CCCC(F)(F)c1cc(F)c(Br)cc1F. The molecule has 1 aromatic carbocycles. The summed E-state index contributed by atoms with van der Waals surface area (Å²) in [6, 6.07) is 1.04. The standard InChI is InChI=1S/C11H9BrF4O2/c12-7-5-8(13)6(4-9(7)14)11(15,16)3-1-2-10(17)18/h4-5H,1-3H2,(H,17,18). The lowest BCUT2D eigenvalue weighted by Crippen LogP contribution is -2.16. The summed E-state index contributed by atoms with van der Waals surface area (Å²) in [5, 5.41) is 8.33. The highest BCUT2D eigenvalue weighted by Crippen LogP contribution is 2.36. The van der Waals surface area contributed by atoms with Crippen molar-refractivity contribution in [3.63, 3.8) is 0 Å². The number of aliphatic carboxylic acids is 1. The van der Waals surface area contributed by atoms with Gasteiger partial charge in [0.1, 0.15) is 11.6 Å². The van der Waals surface area contributed by atoms with E-state index in [1.807, 2.05) is 0 Å². The molecule has 0 unspecified atom stereocenters. The molecule has 0 aromatic heterocycles. The van der Waals surface area contributed by atoms with E-state index in [1.165, 1.54) is 0 Å². The molecule has 0 radical (unpaired) electrons. The zero-order valence-electron chi connectivity index (χ0n) is 9.02. The molecule has 0 amide bonds. The molecule has 0 fully saturated rings. The van der Waals surface area contributed by atoms with Gasteiger partial charge in [0.2, 0.25) is 0 Å². The Kier molecular flexibility index (Phi) is 4.72. The van der Waals surface area contributed by atoms with Crippen molar-refractivity contribution in [1.29, 1.82) is 0 Å². The zero-order chi connectivity index (χ0) is 13.9. The summed E-state index contributed by atoms with van der Waals surface area (Å²) < 4.78 is 53.3. The van der Waals surface area contributed by atoms with Crippen molar-refractivity contribution >= 4 is 21.9 Å². The maximum absolute atomic E-state index is 13.6. The Morgan fingerprint density at radius 1 is 1.28 bits per heavy atom. The summed E-state index contributed by atoms with van der Waals surface area (Å²) in [4.78, 5) is 10.2. The van der Waals surface area contributed by atoms with Crippen LogP contribution < -0.4 is 0 Å². The topological polar surface area (TPSA) is 37.3 Å². The van der Waals surface area contributed by atoms with Crippen LogP contribution in [0.15, 0.2) is 16.6 Å². The van der Waals surface area contributed by atoms with E-state index in [4.69, 9.17) is 5.11 Å². The number of carboxylic acid groups (broad SMARTS) is 1. The average molecular weight is 329 g/mol. The first-order chi connectivity index (χ1) is 8.24. The number of alkyl halides is 2. The largest absolute Gasteiger partial charge is 0.481 e. The Labute approximate surface area is 109 Å². The van der Waals surface area contributed by atoms with Crippen molar-refractivity contribution in [2.75, 3.05) is 0 Å². The predicted octanol–water partition coefficient (Wildman–Crippen LogP) is 4.07. The molecule has 0 aliphatic rings. The fourth-order valence-corrected chi connectivity index (χ4v) is 1.71. The van der Waals surface area contributed by atoms with E-state index in [9.17, 15) is 22.4 Å². The molecule has 1 rings (SSSR count). The van der Waals surface area contributed by atoms with Crippen molar-refractivity contribution in [3.8, 4) is 0 Å². The molecule has 0 heterocycles. The molecule has 2 nitrogen and oxygen atoms in total. The highest BCUT2D eigenvalue weighted by atomic mass is 79.9. The normalized spacial score (nSPS) is 11.6. The van der Waals surface area contributed by atoms with Crippen LogP contribution in [-0.2, 0) is 10.7 Å². The minimum absolute atomic E-state index is 0.245. The van der Waals surface area contributed by atoms with Crippen LogP contribution in [0.3, 0.4) is 0 Å². The van der Waals surface area contributed by atoms with Crippen LogP contribution in [0.2, 0.25) is 0 Å². The van der Waals surface area contributed by atoms with Gasteiger partial charge in [-0.25, -0.2) is 17.6 Å². The van der Waals surface area contributed by atoms with Crippen LogP contribution in [0, 0.1) is 11.6 Å². The lowest BCUT2D eigenvalue weighted by atomic mass is 10.0. The molecule has 1 N–H and O–H groups in total. The predicted molar refractivity (Wildman–Crippen MR) is 59.4 cm³/mol. The zero-order valence-corrected chi connectivity index (χ0v) is 10.6. The summed E-state index contributed by atoms with van der Waals surface area (Å²) in [5.74, 6) is -7.04. The molecule has 1 aromatic rings. The number of rotatable bonds is 5. The Balaban J connectivity index is 2.90. The summed E-state index contributed by atoms with van der Waals surface area (Å²) in [6.45, 7) is 0. The summed E-state index contributed by atoms with van der Waals surface area (Å²) >= 11 is 2.68. The Morgan fingerprint density at radius 2 is 1.89 bits per heavy atom. The van der Waals surface area contributed by atoms with Gasteiger partial charge in [0.25, 0.3) is 5.92 Å². The fourth-order valence-electron chi connectivity index (χ4n) is 1.40. The monoisotopic (exact) mass is 328 g/mol. The first-order valence-electron chi connectivity index (χ1n) is 4.98. The van der Waals surface area contributed by atoms with Gasteiger partial charge < -0.3 is 5.11 Å². The Morgan fingerprint density at radius 3 is 2.44 bits per heavy atom. The van der Waals surface area contributed by atoms with E-state index in [0.717, 1.165) is 0 Å². The lowest BCUT2D eigenvalue weighted by Gasteiger charge is -2.17. The third-order valence-electron chi connectivity index (χ3n) is 2.29. The van der Waals surface area contributed by atoms with Crippen LogP contribution in [0.1, 0.15) is 24.8 Å². The number of hydrogen-bond donors (Lipinski definition) is 1. The third kappa shape index (κ3) is 3.69. The Bertz CT molecular complexity index is 463. The highest BCUT2D eigenvalue weighted by Gasteiger charge is 2.35. The van der Waals surface area contributed by atoms with Gasteiger partial charge in [-0.05, 0) is 34.5 Å². The summed E-state index contributed by atoms with van der Waals surface area (Å²) in [5.41, 5.74) is -1.06. The summed E-state index contributed by atoms with van der Waals surface area (Å²) in [6.07, 6.45) is -1.62. The van der Waals surface area contributed by atoms with Gasteiger partial charge in [0, 0.05) is 12.8 Å². The van der Waals surface area contributed by atoms with Gasteiger partial charge in [0.15, 0.2) is 0 Å². The van der Waals surface area contributed by atoms with Crippen molar-refractivity contribution in [1.82, 2.24) is 0 Å². The van der Waals surface area contributed by atoms with Gasteiger partial charge in [-0.15, -0.1) is 0 Å². The second-order valence-corrected chi connectivity index (χ2v) is 4.55. The molecule has 0 spiro atoms. The molecule has 18 heavy (non-hydrogen) atoms. The van der Waals surface area contributed by atoms with Gasteiger partial charge in [-0.2, -0.15) is 0 Å². The molecule has 100 valence electrons. The number of carbonyl (C=O) groups is 1. The van der Waals surface area contributed by atoms with Crippen LogP contribution in [0.25, 0.3) is 0 Å². The van der Waals surface area contributed by atoms with Crippen LogP contribution in [0.5, 0.6) is 0 Å². The second-order valence-electron chi connectivity index (χ2n) is 3.70. The van der Waals surface area contributed by atoms with Crippen LogP contribution in [0.4, 0.5) is 17.6 Å². The van der Waals surface area contributed by atoms with Crippen molar-refractivity contribution in [3.05, 3.63) is 33.8 Å². The molecule has 0 saturated heterocycles. The van der Waals surface area contributed by atoms with Gasteiger partial charge >= 0.3 is 5.97 Å². The number of halogens is 5. The van der Waals surface area contributed by atoms with E-state index in [2.05, 4.69) is 15.9 Å². The number of carboxylic acids is 1. The van der Waals surface area contributed by atoms with Crippen molar-refractivity contribution in [2.45, 2.75) is 25.2 Å². The van der Waals surface area contributed by atoms with Gasteiger partial charge in [0.05, 0.1) is 10.0 Å². The fraction of sp³-hybridized carbons (Fsp3) is 0.364. The molecular weight excluding hydrogens is 320 g/mol. The van der Waals surface area contributed by atoms with E-state index in [0.29, 0.717) is 12.1 Å². The smallest absolute Gasteiger partial charge is 0.303 e. The molecule has 0 aliphatic carbocycles. The first kappa shape index (κ1) is 14.9. The van der Waals surface area contributed by atoms with Gasteiger partial charge in [-0.3, -0.25) is 4.79 Å².